The van der Waals surface area contributed by atoms with Crippen LogP contribution in [0.2, 0.25) is 0 Å². The molecule has 286 valence electrons. The minimum absolute atomic E-state index is 1.14. The molecular weight excluding hydrogens is 749 g/mol. The van der Waals surface area contributed by atoms with E-state index in [0.717, 1.165) is 5.69 Å². The predicted molar refractivity (Wildman–Crippen MR) is 263 cm³/mol. The number of fused-ring (bicyclic) bond motifs is 20. The van der Waals surface area contributed by atoms with Crippen LogP contribution >= 0.6 is 0 Å². The minimum Gasteiger partial charge on any atom is -0.309 e. The van der Waals surface area contributed by atoms with Gasteiger partial charge in [-0.3, -0.25) is 0 Å². The van der Waals surface area contributed by atoms with Gasteiger partial charge < -0.3 is 9.13 Å². The molecule has 0 atom stereocenters. The standard InChI is InChI=1S/C60H36N2/c1-4-19-41-38(16-1)39-17-2-5-20-42(39)52-36-54-50-34-37(61-55-27-11-7-22-44(55)45-23-8-12-28-56(45)61)32-33-49(50)60-48(40-18-3-6-21-43(40)53(54)35-51(41)52)26-15-31-59(60)62-57-29-13-9-24-46(57)47-25-10-14-30-58(47)62/h1-36H. The van der Waals surface area contributed by atoms with Crippen LogP contribution < -0.4 is 0 Å². The zero-order valence-electron chi connectivity index (χ0n) is 33.7. The lowest BCUT2D eigenvalue weighted by atomic mass is 9.78. The number of nitrogens with zero attached hydrogens (tertiary/aromatic N) is 2. The molecule has 0 amide bonds. The molecule has 2 aromatic heterocycles. The molecule has 2 nitrogen and oxygen atoms in total. The van der Waals surface area contributed by atoms with Crippen LogP contribution in [0, 0.1) is 0 Å². The van der Waals surface area contributed by atoms with Gasteiger partial charge in [0.1, 0.15) is 0 Å². The Balaban J connectivity index is 1.18. The molecule has 13 aromatic rings. The summed E-state index contributed by atoms with van der Waals surface area (Å²) < 4.78 is 4.96. The summed E-state index contributed by atoms with van der Waals surface area (Å²) in [5.74, 6) is 0. The zero-order valence-corrected chi connectivity index (χ0v) is 33.7. The average molecular weight is 785 g/mol. The van der Waals surface area contributed by atoms with E-state index in [9.17, 15) is 0 Å². The lowest BCUT2D eigenvalue weighted by molar-refractivity contribution is 1.17. The summed E-state index contributed by atoms with van der Waals surface area (Å²) in [6.07, 6.45) is 0. The number of benzene rings is 11. The van der Waals surface area contributed by atoms with E-state index in [2.05, 4.69) is 228 Å². The Morgan fingerprint density at radius 3 is 1.10 bits per heavy atom. The van der Waals surface area contributed by atoms with Gasteiger partial charge in [-0.15, -0.1) is 0 Å². The van der Waals surface area contributed by atoms with E-state index in [-0.39, 0.29) is 0 Å². The van der Waals surface area contributed by atoms with Crippen LogP contribution in [0.15, 0.2) is 218 Å². The quantitative estimate of drug-likeness (QED) is 0.155. The van der Waals surface area contributed by atoms with Gasteiger partial charge in [-0.05, 0) is 126 Å². The first kappa shape index (κ1) is 33.6. The highest BCUT2D eigenvalue weighted by Gasteiger charge is 2.28. The Kier molecular flexibility index (Phi) is 6.86. The number of rotatable bonds is 2. The van der Waals surface area contributed by atoms with Crippen molar-refractivity contribution in [1.82, 2.24) is 9.13 Å². The van der Waals surface area contributed by atoms with E-state index in [1.54, 1.807) is 0 Å². The second kappa shape index (κ2) is 12.7. The number of aromatic nitrogens is 2. The normalized spacial score (nSPS) is 12.2. The molecule has 0 bridgehead atoms. The molecule has 1 aliphatic carbocycles. The van der Waals surface area contributed by atoms with Gasteiger partial charge in [-0.2, -0.15) is 0 Å². The van der Waals surface area contributed by atoms with Crippen LogP contribution in [0.25, 0.3) is 132 Å². The van der Waals surface area contributed by atoms with Crippen molar-refractivity contribution in [3.8, 4) is 55.9 Å². The van der Waals surface area contributed by atoms with Crippen molar-refractivity contribution in [2.75, 3.05) is 0 Å². The van der Waals surface area contributed by atoms with Crippen molar-refractivity contribution in [1.29, 1.82) is 0 Å². The van der Waals surface area contributed by atoms with Crippen LogP contribution in [0.5, 0.6) is 0 Å². The molecule has 2 heteroatoms. The molecule has 0 saturated carbocycles. The van der Waals surface area contributed by atoms with Gasteiger partial charge in [-0.25, -0.2) is 0 Å². The van der Waals surface area contributed by atoms with E-state index in [0.29, 0.717) is 0 Å². The van der Waals surface area contributed by atoms with Crippen LogP contribution in [-0.4, -0.2) is 9.13 Å². The first-order chi connectivity index (χ1) is 30.8. The second-order valence-corrected chi connectivity index (χ2v) is 16.7. The van der Waals surface area contributed by atoms with Crippen LogP contribution in [-0.2, 0) is 0 Å². The second-order valence-electron chi connectivity index (χ2n) is 16.7. The van der Waals surface area contributed by atoms with Crippen molar-refractivity contribution >= 4 is 75.9 Å². The first-order valence-corrected chi connectivity index (χ1v) is 21.5. The maximum absolute atomic E-state index is 2.51. The molecular formula is C60H36N2. The molecule has 62 heavy (non-hydrogen) atoms. The van der Waals surface area contributed by atoms with Gasteiger partial charge in [-0.1, -0.05) is 164 Å². The highest BCUT2D eigenvalue weighted by Crippen LogP contribution is 2.53. The fourth-order valence-corrected chi connectivity index (χ4v) is 11.1. The number of para-hydroxylation sites is 4. The fourth-order valence-electron chi connectivity index (χ4n) is 11.1. The summed E-state index contributed by atoms with van der Waals surface area (Å²) in [4.78, 5) is 0. The largest absolute Gasteiger partial charge is 0.309 e. The zero-order chi connectivity index (χ0) is 40.5. The number of hydrogen-bond donors (Lipinski definition) is 0. The molecule has 0 saturated heterocycles. The van der Waals surface area contributed by atoms with Gasteiger partial charge in [0.2, 0.25) is 0 Å². The Bertz CT molecular complexity index is 3940. The van der Waals surface area contributed by atoms with Crippen LogP contribution in [0.3, 0.4) is 0 Å². The van der Waals surface area contributed by atoms with Gasteiger partial charge in [0, 0.05) is 32.8 Å². The van der Waals surface area contributed by atoms with Crippen molar-refractivity contribution in [3.63, 3.8) is 0 Å². The third-order valence-corrected chi connectivity index (χ3v) is 13.7. The van der Waals surface area contributed by atoms with Gasteiger partial charge in [0.05, 0.1) is 27.8 Å². The van der Waals surface area contributed by atoms with Crippen molar-refractivity contribution in [2.24, 2.45) is 0 Å². The highest BCUT2D eigenvalue weighted by atomic mass is 15.0. The summed E-state index contributed by atoms with van der Waals surface area (Å²) in [6, 6.07) is 81.5. The monoisotopic (exact) mass is 784 g/mol. The molecule has 0 fully saturated rings. The SMILES string of the molecule is c1ccc2c(c1)-c1cc3c4ccccc4c4ccccc4c3cc1-c1cc(-n3c4ccccc4c4ccccc43)ccc1-c1c-2cccc1-n1c2ccccc2c2ccccc21. The van der Waals surface area contributed by atoms with Gasteiger partial charge in [0.15, 0.2) is 0 Å². The molecule has 0 aliphatic heterocycles. The van der Waals surface area contributed by atoms with E-state index in [1.165, 1.54) is 126 Å². The molecule has 2 heterocycles. The molecule has 14 rings (SSSR count). The smallest absolute Gasteiger partial charge is 0.0547 e. The van der Waals surface area contributed by atoms with E-state index in [1.807, 2.05) is 0 Å². The molecule has 1 aliphatic rings. The van der Waals surface area contributed by atoms with Gasteiger partial charge >= 0.3 is 0 Å². The first-order valence-electron chi connectivity index (χ1n) is 21.5. The Labute approximate surface area is 357 Å². The van der Waals surface area contributed by atoms with Gasteiger partial charge in [0.25, 0.3) is 0 Å². The van der Waals surface area contributed by atoms with E-state index >= 15 is 0 Å². The Morgan fingerprint density at radius 1 is 0.210 bits per heavy atom. The van der Waals surface area contributed by atoms with Crippen molar-refractivity contribution < 1.29 is 0 Å². The lowest BCUT2D eigenvalue weighted by Crippen LogP contribution is -2.04. The maximum Gasteiger partial charge on any atom is 0.0547 e. The number of hydrogen-bond acceptors (Lipinski definition) is 0. The fraction of sp³-hybridized carbons (Fsp3) is 0. The highest BCUT2D eigenvalue weighted by molar-refractivity contribution is 6.27. The van der Waals surface area contributed by atoms with Crippen molar-refractivity contribution in [3.05, 3.63) is 218 Å². The van der Waals surface area contributed by atoms with E-state index < -0.39 is 0 Å². The molecule has 0 unspecified atom stereocenters. The average Bonchev–Trinajstić information content (AvgIpc) is 3.86. The summed E-state index contributed by atoms with van der Waals surface area (Å²) in [7, 11) is 0. The summed E-state index contributed by atoms with van der Waals surface area (Å²) >= 11 is 0. The Morgan fingerprint density at radius 2 is 0.581 bits per heavy atom. The molecule has 0 spiro atoms. The topological polar surface area (TPSA) is 9.86 Å². The summed E-state index contributed by atoms with van der Waals surface area (Å²) in [5, 5.41) is 12.7. The molecule has 0 N–H and O–H groups in total. The third-order valence-electron chi connectivity index (χ3n) is 13.7. The maximum atomic E-state index is 2.51. The summed E-state index contributed by atoms with van der Waals surface area (Å²) in [5.41, 5.74) is 16.9. The molecule has 11 aromatic carbocycles. The minimum atomic E-state index is 1.14. The lowest BCUT2D eigenvalue weighted by Gasteiger charge is -2.27. The third kappa shape index (κ3) is 4.53. The van der Waals surface area contributed by atoms with Crippen LogP contribution in [0.4, 0.5) is 0 Å². The summed E-state index contributed by atoms with van der Waals surface area (Å²) in [6.45, 7) is 0. The predicted octanol–water partition coefficient (Wildman–Crippen LogP) is 16.3. The van der Waals surface area contributed by atoms with E-state index in [4.69, 9.17) is 0 Å². The van der Waals surface area contributed by atoms with Crippen molar-refractivity contribution in [2.45, 2.75) is 0 Å². The molecule has 0 radical (unpaired) electrons. The Hall–Kier alpha value is -8.20. The van der Waals surface area contributed by atoms with Crippen LogP contribution in [0.1, 0.15) is 0 Å².